The van der Waals surface area contributed by atoms with Crippen molar-refractivity contribution in [1.82, 2.24) is 0 Å². The summed E-state index contributed by atoms with van der Waals surface area (Å²) in [4.78, 5) is 18.4. The van der Waals surface area contributed by atoms with Crippen LogP contribution in [-0.4, -0.2) is 49.4 Å². The second kappa shape index (κ2) is 7.79. The molecule has 2 heterocycles. The van der Waals surface area contributed by atoms with Crippen LogP contribution in [-0.2, 0) is 21.1 Å². The van der Waals surface area contributed by atoms with E-state index in [4.69, 9.17) is 4.74 Å². The number of rotatable bonds is 4. The molecule has 2 fully saturated rings. The number of halogens is 1. The second-order valence-corrected chi connectivity index (χ2v) is 10.3. The first-order chi connectivity index (χ1) is 13.9. The molecule has 2 aliphatic heterocycles. The van der Waals surface area contributed by atoms with Crippen molar-refractivity contribution >= 4 is 38.4 Å². The fourth-order valence-corrected chi connectivity index (χ4v) is 7.58. The molecule has 0 aromatic heterocycles. The van der Waals surface area contributed by atoms with Gasteiger partial charge in [-0.05, 0) is 18.2 Å². The summed E-state index contributed by atoms with van der Waals surface area (Å²) < 4.78 is 43.9. The van der Waals surface area contributed by atoms with Crippen LogP contribution >= 0.6 is 11.8 Å². The largest absolute Gasteiger partial charge is 0.496 e. The normalized spacial score (nSPS) is 23.9. The highest BCUT2D eigenvalue weighted by molar-refractivity contribution is 8.16. The number of aliphatic imine (C=N–C) groups is 1. The molecule has 2 aliphatic rings. The van der Waals surface area contributed by atoms with Gasteiger partial charge in [-0.2, -0.15) is 4.99 Å². The smallest absolute Gasteiger partial charge is 0.252 e. The highest BCUT2D eigenvalue weighted by Crippen LogP contribution is 2.41. The van der Waals surface area contributed by atoms with E-state index in [-0.39, 0.29) is 28.9 Å². The highest BCUT2D eigenvalue weighted by atomic mass is 32.2. The quantitative estimate of drug-likeness (QED) is 0.737. The standard InChI is InChI=1S/C20H19FN2O4S2/c1-27-17-9-5-2-6-13(17)10-19(24)22-20-23(15-8-4-3-7-14(15)21)16-11-29(25,26)12-18(16)28-20/h2-9,16,18H,10-12H2,1H3/t16-,18-/m0/s1. The molecule has 2 aromatic carbocycles. The molecule has 1 amide bonds. The third-order valence-corrected chi connectivity index (χ3v) is 8.14. The van der Waals surface area contributed by atoms with Crippen LogP contribution in [0, 0.1) is 5.82 Å². The van der Waals surface area contributed by atoms with Crippen LogP contribution in [0.4, 0.5) is 10.1 Å². The number of methoxy groups -OCH3 is 1. The van der Waals surface area contributed by atoms with Crippen molar-refractivity contribution in [3.63, 3.8) is 0 Å². The third kappa shape index (κ3) is 4.02. The molecule has 0 bridgehead atoms. The molecule has 0 radical (unpaired) electrons. The predicted molar refractivity (Wildman–Crippen MR) is 112 cm³/mol. The summed E-state index contributed by atoms with van der Waals surface area (Å²) in [6.07, 6.45) is 0.0345. The summed E-state index contributed by atoms with van der Waals surface area (Å²) in [6.45, 7) is 0. The lowest BCUT2D eigenvalue weighted by atomic mass is 10.1. The molecule has 4 rings (SSSR count). The van der Waals surface area contributed by atoms with Crippen LogP contribution in [0.25, 0.3) is 0 Å². The molecule has 6 nitrogen and oxygen atoms in total. The monoisotopic (exact) mass is 434 g/mol. The van der Waals surface area contributed by atoms with E-state index in [9.17, 15) is 17.6 Å². The van der Waals surface area contributed by atoms with E-state index in [1.54, 1.807) is 35.2 Å². The lowest BCUT2D eigenvalue weighted by molar-refractivity contribution is -0.117. The Morgan fingerprint density at radius 2 is 1.93 bits per heavy atom. The Balaban J connectivity index is 1.66. The van der Waals surface area contributed by atoms with Crippen LogP contribution in [0.3, 0.4) is 0 Å². The molecule has 0 spiro atoms. The molecule has 29 heavy (non-hydrogen) atoms. The maximum absolute atomic E-state index is 14.5. The average Bonchev–Trinajstić information content (AvgIpc) is 3.13. The van der Waals surface area contributed by atoms with Gasteiger partial charge in [0, 0.05) is 10.8 Å². The number of sulfone groups is 1. The molecule has 0 unspecified atom stereocenters. The second-order valence-electron chi connectivity index (χ2n) is 6.90. The van der Waals surface area contributed by atoms with E-state index >= 15 is 0 Å². The minimum atomic E-state index is -3.21. The summed E-state index contributed by atoms with van der Waals surface area (Å²) in [5, 5.41) is 0.0531. The van der Waals surface area contributed by atoms with Gasteiger partial charge in [0.2, 0.25) is 0 Å². The van der Waals surface area contributed by atoms with E-state index in [0.29, 0.717) is 16.5 Å². The van der Waals surface area contributed by atoms with Gasteiger partial charge in [0.15, 0.2) is 15.0 Å². The summed E-state index contributed by atoms with van der Waals surface area (Å²) in [5.74, 6) is -0.385. The number of para-hydroxylation sites is 2. The van der Waals surface area contributed by atoms with E-state index in [0.717, 1.165) is 0 Å². The molecule has 2 atom stereocenters. The van der Waals surface area contributed by atoms with Gasteiger partial charge in [0.05, 0.1) is 36.8 Å². The molecule has 2 aromatic rings. The van der Waals surface area contributed by atoms with Crippen LogP contribution < -0.4 is 9.64 Å². The number of fused-ring (bicyclic) bond motifs is 1. The number of thioether (sulfide) groups is 1. The van der Waals surface area contributed by atoms with Crippen molar-refractivity contribution in [3.05, 3.63) is 59.9 Å². The van der Waals surface area contributed by atoms with Crippen molar-refractivity contribution in [3.8, 4) is 5.75 Å². The fraction of sp³-hybridized carbons (Fsp3) is 0.300. The number of amidine groups is 1. The Hall–Kier alpha value is -2.39. The molecule has 9 heteroatoms. The number of anilines is 1. The first-order valence-electron chi connectivity index (χ1n) is 9.02. The molecule has 152 valence electrons. The summed E-state index contributed by atoms with van der Waals surface area (Å²) >= 11 is 1.22. The van der Waals surface area contributed by atoms with Crippen molar-refractivity contribution in [2.24, 2.45) is 4.99 Å². The third-order valence-electron chi connectivity index (χ3n) is 4.93. The minimum absolute atomic E-state index is 0.00694. The lowest BCUT2D eigenvalue weighted by Crippen LogP contribution is -2.38. The Morgan fingerprint density at radius 1 is 1.21 bits per heavy atom. The zero-order valence-electron chi connectivity index (χ0n) is 15.6. The average molecular weight is 435 g/mol. The number of amides is 1. The summed E-state index contributed by atoms with van der Waals surface area (Å²) in [7, 11) is -1.68. The maximum Gasteiger partial charge on any atom is 0.252 e. The molecule has 0 N–H and O–H groups in total. The van der Waals surface area contributed by atoms with Crippen LogP contribution in [0.5, 0.6) is 5.75 Å². The van der Waals surface area contributed by atoms with Gasteiger partial charge >= 0.3 is 0 Å². The number of carbonyl (C=O) groups is 1. The van der Waals surface area contributed by atoms with Crippen molar-refractivity contribution in [2.45, 2.75) is 17.7 Å². The van der Waals surface area contributed by atoms with E-state index in [2.05, 4.69) is 4.99 Å². The highest BCUT2D eigenvalue weighted by Gasteiger charge is 2.49. The predicted octanol–water partition coefficient (Wildman–Crippen LogP) is 2.68. The molecular formula is C20H19FN2O4S2. The van der Waals surface area contributed by atoms with Crippen molar-refractivity contribution in [2.75, 3.05) is 23.5 Å². The Morgan fingerprint density at radius 3 is 2.69 bits per heavy atom. The topological polar surface area (TPSA) is 76.0 Å². The molecular weight excluding hydrogens is 415 g/mol. The van der Waals surface area contributed by atoms with Gasteiger partial charge in [-0.15, -0.1) is 0 Å². The lowest BCUT2D eigenvalue weighted by Gasteiger charge is -2.24. The van der Waals surface area contributed by atoms with Gasteiger partial charge in [0.1, 0.15) is 11.6 Å². The summed E-state index contributed by atoms with van der Waals surface area (Å²) in [5.41, 5.74) is 0.931. The van der Waals surface area contributed by atoms with Gasteiger partial charge in [-0.3, -0.25) is 4.79 Å². The number of ether oxygens (including phenoxy) is 1. The number of carbonyl (C=O) groups excluding carboxylic acids is 1. The Kier molecular flexibility index (Phi) is 5.35. The molecule has 0 saturated carbocycles. The fourth-order valence-electron chi connectivity index (χ4n) is 3.65. The van der Waals surface area contributed by atoms with Crippen LogP contribution in [0.2, 0.25) is 0 Å². The van der Waals surface area contributed by atoms with E-state index in [1.165, 1.54) is 24.9 Å². The van der Waals surface area contributed by atoms with E-state index < -0.39 is 27.6 Å². The minimum Gasteiger partial charge on any atom is -0.496 e. The van der Waals surface area contributed by atoms with Gasteiger partial charge in [-0.1, -0.05) is 42.1 Å². The van der Waals surface area contributed by atoms with Gasteiger partial charge in [0.25, 0.3) is 5.91 Å². The SMILES string of the molecule is COc1ccccc1CC(=O)N=C1S[C@H]2CS(=O)(=O)C[C@@H]2N1c1ccccc1F. The number of hydrogen-bond acceptors (Lipinski definition) is 5. The number of benzene rings is 2. The first kappa shape index (κ1) is 19.9. The Bertz CT molecular complexity index is 1090. The first-order valence-corrected chi connectivity index (χ1v) is 11.7. The molecule has 2 saturated heterocycles. The zero-order valence-corrected chi connectivity index (χ0v) is 17.2. The van der Waals surface area contributed by atoms with Crippen molar-refractivity contribution in [1.29, 1.82) is 0 Å². The van der Waals surface area contributed by atoms with Crippen LogP contribution in [0.1, 0.15) is 5.56 Å². The number of hydrogen-bond donors (Lipinski definition) is 0. The zero-order chi connectivity index (χ0) is 20.6. The van der Waals surface area contributed by atoms with Gasteiger partial charge in [-0.25, -0.2) is 12.8 Å². The number of nitrogens with zero attached hydrogens (tertiary/aromatic N) is 2. The van der Waals surface area contributed by atoms with Crippen molar-refractivity contribution < 1.29 is 22.3 Å². The van der Waals surface area contributed by atoms with E-state index in [1.807, 2.05) is 12.1 Å². The molecule has 0 aliphatic carbocycles. The Labute approximate surface area is 172 Å². The van der Waals surface area contributed by atoms with Crippen LogP contribution in [0.15, 0.2) is 53.5 Å². The summed E-state index contributed by atoms with van der Waals surface area (Å²) in [6, 6.07) is 12.9. The maximum atomic E-state index is 14.5. The van der Waals surface area contributed by atoms with Gasteiger partial charge < -0.3 is 9.64 Å².